The van der Waals surface area contributed by atoms with Crippen molar-refractivity contribution in [3.05, 3.63) is 53.5 Å². The molecule has 0 bridgehead atoms. The lowest BCUT2D eigenvalue weighted by Crippen LogP contribution is -2.25. The van der Waals surface area contributed by atoms with Gasteiger partial charge in [-0.1, -0.05) is 24.6 Å². The van der Waals surface area contributed by atoms with Gasteiger partial charge in [0, 0.05) is 12.7 Å². The third-order valence-corrected chi connectivity index (χ3v) is 5.63. The van der Waals surface area contributed by atoms with E-state index in [9.17, 15) is 8.42 Å². The van der Waals surface area contributed by atoms with Crippen LogP contribution in [0.5, 0.6) is 0 Å². The summed E-state index contributed by atoms with van der Waals surface area (Å²) >= 11 is 0. The molecule has 0 radical (unpaired) electrons. The molecule has 0 aliphatic heterocycles. The molecule has 0 unspecified atom stereocenters. The summed E-state index contributed by atoms with van der Waals surface area (Å²) in [5.74, 6) is 0.670. The van der Waals surface area contributed by atoms with Crippen LogP contribution in [0.4, 0.5) is 0 Å². The minimum absolute atomic E-state index is 0.131. The number of aromatic nitrogens is 3. The van der Waals surface area contributed by atoms with E-state index in [0.717, 1.165) is 35.3 Å². The largest absolute Gasteiger partial charge is 0.312 e. The van der Waals surface area contributed by atoms with Crippen molar-refractivity contribution in [3.8, 4) is 0 Å². The van der Waals surface area contributed by atoms with Gasteiger partial charge in [-0.2, -0.15) is 0 Å². The average molecular weight is 358 g/mol. The van der Waals surface area contributed by atoms with Gasteiger partial charge in [0.2, 0.25) is 10.0 Å². The highest BCUT2D eigenvalue weighted by Crippen LogP contribution is 2.18. The Hall–Kier alpha value is -2.25. The van der Waals surface area contributed by atoms with Gasteiger partial charge in [0.25, 0.3) is 0 Å². The highest BCUT2D eigenvalue weighted by Gasteiger charge is 2.19. The number of sulfonamides is 1. The van der Waals surface area contributed by atoms with Gasteiger partial charge >= 0.3 is 0 Å². The van der Waals surface area contributed by atoms with E-state index in [0.29, 0.717) is 10.7 Å². The Morgan fingerprint density at radius 3 is 2.72 bits per heavy atom. The predicted octanol–water partition coefficient (Wildman–Crippen LogP) is 2.94. The van der Waals surface area contributed by atoms with E-state index in [-0.39, 0.29) is 6.54 Å². The molecule has 0 spiro atoms. The summed E-state index contributed by atoms with van der Waals surface area (Å²) in [6, 6.07) is 9.03. The Labute approximate surface area is 148 Å². The van der Waals surface area contributed by atoms with Gasteiger partial charge in [0.15, 0.2) is 5.65 Å². The molecule has 1 aromatic carbocycles. The van der Waals surface area contributed by atoms with E-state index in [1.807, 2.05) is 29.7 Å². The lowest BCUT2D eigenvalue weighted by molar-refractivity contribution is 0.572. The number of benzene rings is 1. The maximum atomic E-state index is 12.7. The molecule has 0 amide bonds. The minimum atomic E-state index is -3.60. The fourth-order valence-corrected chi connectivity index (χ4v) is 4.14. The highest BCUT2D eigenvalue weighted by atomic mass is 32.2. The fraction of sp³-hybridized carbons (Fsp3) is 0.333. The molecule has 0 saturated heterocycles. The number of nitrogens with zero attached hydrogens (tertiary/aromatic N) is 3. The molecular weight excluding hydrogens is 336 g/mol. The maximum Gasteiger partial charge on any atom is 0.241 e. The number of aryl methyl sites for hydroxylation is 3. The monoisotopic (exact) mass is 358 g/mol. The van der Waals surface area contributed by atoms with Crippen molar-refractivity contribution in [1.29, 1.82) is 0 Å². The van der Waals surface area contributed by atoms with Crippen molar-refractivity contribution in [1.82, 2.24) is 19.3 Å². The van der Waals surface area contributed by atoms with Crippen LogP contribution in [0.15, 0.2) is 41.4 Å². The van der Waals surface area contributed by atoms with Crippen LogP contribution in [0, 0.1) is 13.8 Å². The second-order valence-electron chi connectivity index (χ2n) is 6.12. The molecule has 3 aromatic rings. The van der Waals surface area contributed by atoms with Crippen LogP contribution >= 0.6 is 0 Å². The van der Waals surface area contributed by atoms with Gasteiger partial charge in [0.05, 0.1) is 11.4 Å². The Morgan fingerprint density at radius 2 is 2.00 bits per heavy atom. The van der Waals surface area contributed by atoms with Crippen LogP contribution in [0.1, 0.15) is 30.3 Å². The first-order chi connectivity index (χ1) is 11.9. The van der Waals surface area contributed by atoms with Crippen molar-refractivity contribution < 1.29 is 8.42 Å². The van der Waals surface area contributed by atoms with Crippen LogP contribution in [0.25, 0.3) is 11.2 Å². The number of hydrogen-bond acceptors (Lipinski definition) is 4. The van der Waals surface area contributed by atoms with Crippen LogP contribution in [0.3, 0.4) is 0 Å². The van der Waals surface area contributed by atoms with Crippen molar-refractivity contribution in [3.63, 3.8) is 0 Å². The smallest absolute Gasteiger partial charge is 0.241 e. The summed E-state index contributed by atoms with van der Waals surface area (Å²) in [6.07, 6.45) is 2.64. The normalized spacial score (nSPS) is 12.0. The van der Waals surface area contributed by atoms with Crippen LogP contribution in [0.2, 0.25) is 0 Å². The molecule has 0 saturated carbocycles. The molecule has 25 heavy (non-hydrogen) atoms. The lowest BCUT2D eigenvalue weighted by atomic mass is 10.2. The molecule has 2 aromatic heterocycles. The second kappa shape index (κ2) is 6.93. The molecule has 0 atom stereocenters. The van der Waals surface area contributed by atoms with E-state index >= 15 is 0 Å². The maximum absolute atomic E-state index is 12.7. The zero-order chi connectivity index (χ0) is 18.0. The molecule has 7 heteroatoms. The molecule has 1 N–H and O–H groups in total. The average Bonchev–Trinajstić information content (AvgIpc) is 2.91. The number of hydrogen-bond donors (Lipinski definition) is 1. The zero-order valence-corrected chi connectivity index (χ0v) is 15.5. The molecular formula is C18H22N4O2S. The zero-order valence-electron chi connectivity index (χ0n) is 14.7. The predicted molar refractivity (Wildman–Crippen MR) is 97.8 cm³/mol. The minimum Gasteiger partial charge on any atom is -0.312 e. The molecule has 0 aliphatic carbocycles. The molecule has 3 rings (SSSR count). The standard InChI is InChI=1S/C18H22N4O2S/c1-4-10-22-17(21-15-6-5-9-19-18(15)22)12-20-25(23,24)16-8-7-13(2)11-14(16)3/h5-9,11,20H,4,10,12H2,1-3H3. The third-order valence-electron chi connectivity index (χ3n) is 4.07. The van der Waals surface area contributed by atoms with E-state index in [1.54, 1.807) is 25.3 Å². The van der Waals surface area contributed by atoms with Crippen molar-refractivity contribution in [2.75, 3.05) is 0 Å². The van der Waals surface area contributed by atoms with Crippen molar-refractivity contribution >= 4 is 21.2 Å². The van der Waals surface area contributed by atoms with Crippen LogP contribution in [-0.2, 0) is 23.1 Å². The number of imidazole rings is 1. The summed E-state index contributed by atoms with van der Waals surface area (Å²) in [5, 5.41) is 0. The first kappa shape index (κ1) is 17.6. The van der Waals surface area contributed by atoms with Crippen LogP contribution in [-0.4, -0.2) is 23.0 Å². The summed E-state index contributed by atoms with van der Waals surface area (Å²) < 4.78 is 30.0. The Bertz CT molecular complexity index is 1010. The number of fused-ring (bicyclic) bond motifs is 1. The molecule has 0 fully saturated rings. The van der Waals surface area contributed by atoms with Crippen molar-refractivity contribution in [2.45, 2.75) is 45.2 Å². The van der Waals surface area contributed by atoms with E-state index in [2.05, 4.69) is 21.6 Å². The molecule has 6 nitrogen and oxygen atoms in total. The topological polar surface area (TPSA) is 76.9 Å². The summed E-state index contributed by atoms with van der Waals surface area (Å²) in [6.45, 7) is 6.69. The quantitative estimate of drug-likeness (QED) is 0.735. The second-order valence-corrected chi connectivity index (χ2v) is 7.85. The molecule has 132 valence electrons. The van der Waals surface area contributed by atoms with Crippen LogP contribution < -0.4 is 4.72 Å². The molecule has 0 aliphatic rings. The number of pyridine rings is 1. The summed E-state index contributed by atoms with van der Waals surface area (Å²) in [5.41, 5.74) is 3.32. The van der Waals surface area contributed by atoms with Gasteiger partial charge in [0.1, 0.15) is 11.3 Å². The van der Waals surface area contributed by atoms with Gasteiger partial charge in [-0.05, 0) is 44.0 Å². The first-order valence-electron chi connectivity index (χ1n) is 8.29. The van der Waals surface area contributed by atoms with E-state index < -0.39 is 10.0 Å². The highest BCUT2D eigenvalue weighted by molar-refractivity contribution is 7.89. The van der Waals surface area contributed by atoms with E-state index in [4.69, 9.17) is 0 Å². The van der Waals surface area contributed by atoms with Gasteiger partial charge < -0.3 is 4.57 Å². The fourth-order valence-electron chi connectivity index (χ4n) is 2.94. The van der Waals surface area contributed by atoms with Crippen molar-refractivity contribution in [2.24, 2.45) is 0 Å². The Morgan fingerprint density at radius 1 is 1.20 bits per heavy atom. The first-order valence-corrected chi connectivity index (χ1v) is 9.77. The number of rotatable bonds is 6. The lowest BCUT2D eigenvalue weighted by Gasteiger charge is -2.11. The molecule has 2 heterocycles. The summed E-state index contributed by atoms with van der Waals surface area (Å²) in [4.78, 5) is 9.21. The van der Waals surface area contributed by atoms with Gasteiger partial charge in [-0.15, -0.1) is 0 Å². The van der Waals surface area contributed by atoms with Gasteiger partial charge in [-0.25, -0.2) is 23.1 Å². The Balaban J connectivity index is 1.90. The van der Waals surface area contributed by atoms with Gasteiger partial charge in [-0.3, -0.25) is 0 Å². The van der Waals surface area contributed by atoms with E-state index in [1.165, 1.54) is 0 Å². The number of nitrogens with one attached hydrogen (secondary N) is 1. The SMILES string of the molecule is CCCn1c(CNS(=O)(=O)c2ccc(C)cc2C)nc2cccnc21. The third kappa shape index (κ3) is 3.57. The Kier molecular flexibility index (Phi) is 4.87. The summed E-state index contributed by atoms with van der Waals surface area (Å²) in [7, 11) is -3.60.